The summed E-state index contributed by atoms with van der Waals surface area (Å²) in [6.45, 7) is 2.73. The molecule has 25 heavy (non-hydrogen) atoms. The number of hydrogen-bond donors (Lipinski definition) is 1. The Bertz CT molecular complexity index is 836. The molecule has 3 rings (SSSR count). The molecule has 126 valence electrons. The fourth-order valence-corrected chi connectivity index (χ4v) is 2.66. The van der Waals surface area contributed by atoms with Gasteiger partial charge in [-0.3, -0.25) is 0 Å². The van der Waals surface area contributed by atoms with Crippen molar-refractivity contribution in [1.29, 1.82) is 0 Å². The van der Waals surface area contributed by atoms with E-state index < -0.39 is 0 Å². The second-order valence-electron chi connectivity index (χ2n) is 6.07. The number of nitrogen functional groups attached to an aromatic ring is 1. The van der Waals surface area contributed by atoms with Crippen molar-refractivity contribution in [3.8, 4) is 16.9 Å². The minimum absolute atomic E-state index is 0.664. The SMILES string of the molecule is Cc1ccc(OCCC=Cc2ccc(-c3ccccc3)c(N)c2)cc1. The topological polar surface area (TPSA) is 35.2 Å². The van der Waals surface area contributed by atoms with Gasteiger partial charge in [-0.15, -0.1) is 0 Å². The molecule has 0 heterocycles. The molecule has 0 amide bonds. The van der Waals surface area contributed by atoms with Gasteiger partial charge in [0, 0.05) is 11.3 Å². The Hall–Kier alpha value is -3.00. The largest absolute Gasteiger partial charge is 0.493 e. The first kappa shape index (κ1) is 16.8. The van der Waals surface area contributed by atoms with Crippen molar-refractivity contribution in [3.05, 3.63) is 90.0 Å². The summed E-state index contributed by atoms with van der Waals surface area (Å²) in [5.41, 5.74) is 11.6. The maximum absolute atomic E-state index is 6.21. The number of nitrogens with two attached hydrogens (primary N) is 1. The predicted octanol–water partition coefficient (Wildman–Crippen LogP) is 5.73. The molecule has 2 heteroatoms. The van der Waals surface area contributed by atoms with Crippen molar-refractivity contribution in [1.82, 2.24) is 0 Å². The number of aryl methyl sites for hydroxylation is 1. The summed E-state index contributed by atoms with van der Waals surface area (Å²) in [5.74, 6) is 0.912. The molecule has 2 N–H and O–H groups in total. The third-order valence-corrected chi connectivity index (χ3v) is 4.04. The van der Waals surface area contributed by atoms with Gasteiger partial charge in [-0.1, -0.05) is 72.3 Å². The normalized spacial score (nSPS) is 10.9. The van der Waals surface area contributed by atoms with Crippen LogP contribution < -0.4 is 10.5 Å². The van der Waals surface area contributed by atoms with E-state index in [0.29, 0.717) is 6.61 Å². The van der Waals surface area contributed by atoms with Crippen LogP contribution in [0.3, 0.4) is 0 Å². The summed E-state index contributed by atoms with van der Waals surface area (Å²) in [6, 6.07) is 24.5. The number of ether oxygens (including phenoxy) is 1. The molecule has 3 aromatic rings. The summed E-state index contributed by atoms with van der Waals surface area (Å²) in [7, 11) is 0. The molecule has 0 unspecified atom stereocenters. The van der Waals surface area contributed by atoms with E-state index in [4.69, 9.17) is 10.5 Å². The summed E-state index contributed by atoms with van der Waals surface area (Å²) in [5, 5.41) is 0. The Kier molecular flexibility index (Phi) is 5.53. The lowest BCUT2D eigenvalue weighted by Crippen LogP contribution is -1.95. The van der Waals surface area contributed by atoms with Gasteiger partial charge in [0.15, 0.2) is 0 Å². The molecule has 3 aromatic carbocycles. The van der Waals surface area contributed by atoms with Gasteiger partial charge in [0.2, 0.25) is 0 Å². The van der Waals surface area contributed by atoms with E-state index >= 15 is 0 Å². The van der Waals surface area contributed by atoms with Crippen LogP contribution in [0.2, 0.25) is 0 Å². The molecule has 0 aliphatic rings. The molecule has 0 aliphatic heterocycles. The molecule has 0 spiro atoms. The van der Waals surface area contributed by atoms with Gasteiger partial charge in [-0.2, -0.15) is 0 Å². The maximum Gasteiger partial charge on any atom is 0.119 e. The van der Waals surface area contributed by atoms with Crippen molar-refractivity contribution in [3.63, 3.8) is 0 Å². The standard InChI is InChI=1S/C23H23NO/c1-18-10-13-21(14-11-18)25-16-6-5-7-19-12-15-22(23(24)17-19)20-8-3-2-4-9-20/h2-5,7-15,17H,6,16,24H2,1H3. The highest BCUT2D eigenvalue weighted by molar-refractivity contribution is 5.78. The minimum Gasteiger partial charge on any atom is -0.493 e. The molecule has 0 fully saturated rings. The number of rotatable bonds is 6. The maximum atomic E-state index is 6.21. The highest BCUT2D eigenvalue weighted by atomic mass is 16.5. The van der Waals surface area contributed by atoms with Gasteiger partial charge >= 0.3 is 0 Å². The minimum atomic E-state index is 0.664. The van der Waals surface area contributed by atoms with E-state index in [-0.39, 0.29) is 0 Å². The van der Waals surface area contributed by atoms with Crippen LogP contribution in [0.1, 0.15) is 17.5 Å². The highest BCUT2D eigenvalue weighted by Crippen LogP contribution is 2.26. The molecular weight excluding hydrogens is 306 g/mol. The van der Waals surface area contributed by atoms with Gasteiger partial charge in [0.1, 0.15) is 5.75 Å². The number of anilines is 1. The summed E-state index contributed by atoms with van der Waals surface area (Å²) in [4.78, 5) is 0. The van der Waals surface area contributed by atoms with Crippen LogP contribution in [0.15, 0.2) is 78.9 Å². The predicted molar refractivity (Wildman–Crippen MR) is 107 cm³/mol. The fraction of sp³-hybridized carbons (Fsp3) is 0.130. The van der Waals surface area contributed by atoms with Gasteiger partial charge < -0.3 is 10.5 Å². The Morgan fingerprint density at radius 1 is 0.920 bits per heavy atom. The summed E-state index contributed by atoms with van der Waals surface area (Å²) in [6.07, 6.45) is 5.06. The quantitative estimate of drug-likeness (QED) is 0.463. The van der Waals surface area contributed by atoms with E-state index in [1.165, 1.54) is 5.56 Å². The molecule has 2 nitrogen and oxygen atoms in total. The lowest BCUT2D eigenvalue weighted by Gasteiger charge is -2.07. The van der Waals surface area contributed by atoms with Gasteiger partial charge in [0.05, 0.1) is 6.61 Å². The first-order chi connectivity index (χ1) is 12.2. The smallest absolute Gasteiger partial charge is 0.119 e. The molecule has 0 saturated carbocycles. The van der Waals surface area contributed by atoms with Gasteiger partial charge in [0.25, 0.3) is 0 Å². The molecular formula is C23H23NO. The highest BCUT2D eigenvalue weighted by Gasteiger charge is 2.02. The van der Waals surface area contributed by atoms with E-state index in [9.17, 15) is 0 Å². The lowest BCUT2D eigenvalue weighted by atomic mass is 10.0. The van der Waals surface area contributed by atoms with E-state index in [1.807, 2.05) is 36.4 Å². The average molecular weight is 329 g/mol. The average Bonchev–Trinajstić information content (AvgIpc) is 2.64. The molecule has 0 aliphatic carbocycles. The second kappa shape index (κ2) is 8.20. The molecule has 0 bridgehead atoms. The Morgan fingerprint density at radius 2 is 1.68 bits per heavy atom. The number of benzene rings is 3. The first-order valence-corrected chi connectivity index (χ1v) is 8.53. The molecule has 0 aromatic heterocycles. The van der Waals surface area contributed by atoms with Crippen LogP contribution in [0.25, 0.3) is 17.2 Å². The van der Waals surface area contributed by atoms with Crippen molar-refractivity contribution < 1.29 is 4.74 Å². The van der Waals surface area contributed by atoms with E-state index in [2.05, 4.69) is 55.5 Å². The zero-order valence-corrected chi connectivity index (χ0v) is 14.5. The van der Waals surface area contributed by atoms with Crippen molar-refractivity contribution in [2.75, 3.05) is 12.3 Å². The Balaban J connectivity index is 1.55. The van der Waals surface area contributed by atoms with Crippen molar-refractivity contribution in [2.24, 2.45) is 0 Å². The van der Waals surface area contributed by atoms with Crippen LogP contribution in [0.4, 0.5) is 5.69 Å². The first-order valence-electron chi connectivity index (χ1n) is 8.53. The van der Waals surface area contributed by atoms with Crippen LogP contribution in [-0.2, 0) is 0 Å². The summed E-state index contributed by atoms with van der Waals surface area (Å²) >= 11 is 0. The van der Waals surface area contributed by atoms with Crippen LogP contribution >= 0.6 is 0 Å². The third-order valence-electron chi connectivity index (χ3n) is 4.04. The fourth-order valence-electron chi connectivity index (χ4n) is 2.66. The van der Waals surface area contributed by atoms with Crippen LogP contribution in [-0.4, -0.2) is 6.61 Å². The van der Waals surface area contributed by atoms with Gasteiger partial charge in [-0.25, -0.2) is 0 Å². The Labute approximate surface area is 149 Å². The lowest BCUT2D eigenvalue weighted by molar-refractivity contribution is 0.325. The monoisotopic (exact) mass is 329 g/mol. The molecule has 0 atom stereocenters. The Morgan fingerprint density at radius 3 is 2.40 bits per heavy atom. The second-order valence-corrected chi connectivity index (χ2v) is 6.07. The van der Waals surface area contributed by atoms with Crippen LogP contribution in [0.5, 0.6) is 5.75 Å². The zero-order valence-electron chi connectivity index (χ0n) is 14.5. The van der Waals surface area contributed by atoms with E-state index in [0.717, 1.165) is 34.5 Å². The van der Waals surface area contributed by atoms with Crippen molar-refractivity contribution in [2.45, 2.75) is 13.3 Å². The van der Waals surface area contributed by atoms with Crippen molar-refractivity contribution >= 4 is 11.8 Å². The molecule has 0 radical (unpaired) electrons. The van der Waals surface area contributed by atoms with Crippen LogP contribution in [0, 0.1) is 6.92 Å². The molecule has 0 saturated heterocycles. The third kappa shape index (κ3) is 4.74. The zero-order chi connectivity index (χ0) is 17.5. The van der Waals surface area contributed by atoms with E-state index in [1.54, 1.807) is 0 Å². The summed E-state index contributed by atoms with van der Waals surface area (Å²) < 4.78 is 5.72. The van der Waals surface area contributed by atoms with Gasteiger partial charge in [-0.05, 0) is 42.7 Å². The number of hydrogen-bond acceptors (Lipinski definition) is 2.